The van der Waals surface area contributed by atoms with E-state index in [4.69, 9.17) is 10.5 Å². The van der Waals surface area contributed by atoms with Crippen molar-refractivity contribution in [2.45, 2.75) is 31.8 Å². The van der Waals surface area contributed by atoms with Gasteiger partial charge in [-0.3, -0.25) is 0 Å². The van der Waals surface area contributed by atoms with E-state index in [0.29, 0.717) is 11.7 Å². The lowest BCUT2D eigenvalue weighted by molar-refractivity contribution is 0.576. The second-order valence-corrected chi connectivity index (χ2v) is 3.94. The molecule has 1 N–H and O–H groups in total. The summed E-state index contributed by atoms with van der Waals surface area (Å²) in [5.74, 6) is 0. The Bertz CT molecular complexity index is 444. The molecule has 1 aliphatic carbocycles. The van der Waals surface area contributed by atoms with Gasteiger partial charge in [0.1, 0.15) is 12.1 Å². The van der Waals surface area contributed by atoms with Crippen molar-refractivity contribution in [3.05, 3.63) is 17.7 Å². The number of hydrogen-bond acceptors (Lipinski definition) is 4. The van der Waals surface area contributed by atoms with Crippen molar-refractivity contribution in [2.24, 2.45) is 0 Å². The van der Waals surface area contributed by atoms with Crippen LogP contribution in [-0.2, 0) is 6.54 Å². The molecule has 2 rings (SSSR count). The number of nitrogens with zero attached hydrogens (tertiary/aromatic N) is 4. The summed E-state index contributed by atoms with van der Waals surface area (Å²) < 4.78 is 1.74. The largest absolute Gasteiger partial charge is 0.321 e. The van der Waals surface area contributed by atoms with E-state index in [-0.39, 0.29) is 5.69 Å². The molecule has 0 aromatic carbocycles. The Morgan fingerprint density at radius 1 is 1.44 bits per heavy atom. The fourth-order valence-electron chi connectivity index (χ4n) is 1.59. The molecule has 5 nitrogen and oxygen atoms in total. The molecule has 16 heavy (non-hydrogen) atoms. The number of aryl methyl sites for hydroxylation is 1. The Morgan fingerprint density at radius 2 is 2.25 bits per heavy atom. The Kier molecular flexibility index (Phi) is 3.19. The first kappa shape index (κ1) is 10.7. The fraction of sp³-hybridized carbons (Fsp3) is 0.545. The summed E-state index contributed by atoms with van der Waals surface area (Å²) in [6.07, 6.45) is 5.08. The van der Waals surface area contributed by atoms with Gasteiger partial charge in [0, 0.05) is 12.6 Å². The van der Waals surface area contributed by atoms with Gasteiger partial charge < -0.3 is 9.88 Å². The van der Waals surface area contributed by atoms with Gasteiger partial charge >= 0.3 is 0 Å². The predicted molar refractivity (Wildman–Crippen MR) is 57.3 cm³/mol. The van der Waals surface area contributed by atoms with Crippen LogP contribution in [0.1, 0.15) is 30.7 Å². The molecule has 0 bridgehead atoms. The van der Waals surface area contributed by atoms with Crippen LogP contribution in [0.4, 0.5) is 0 Å². The third-order valence-electron chi connectivity index (χ3n) is 2.64. The number of nitriles is 2. The normalized spacial score (nSPS) is 14.4. The van der Waals surface area contributed by atoms with E-state index in [1.165, 1.54) is 12.8 Å². The second-order valence-electron chi connectivity index (χ2n) is 3.94. The lowest BCUT2D eigenvalue weighted by Gasteiger charge is -2.04. The van der Waals surface area contributed by atoms with Crippen LogP contribution < -0.4 is 5.32 Å². The third-order valence-corrected chi connectivity index (χ3v) is 2.64. The molecule has 0 spiro atoms. The Hall–Kier alpha value is -1.85. The first-order valence-corrected chi connectivity index (χ1v) is 5.44. The molecule has 1 heterocycles. The molecule has 5 heteroatoms. The monoisotopic (exact) mass is 215 g/mol. The number of imidazole rings is 1. The van der Waals surface area contributed by atoms with Gasteiger partial charge in [0.25, 0.3) is 0 Å². The first-order chi connectivity index (χ1) is 7.85. The number of hydrogen-bond donors (Lipinski definition) is 1. The highest BCUT2D eigenvalue weighted by Crippen LogP contribution is 2.18. The maximum Gasteiger partial charge on any atom is 0.176 e. The van der Waals surface area contributed by atoms with Crippen molar-refractivity contribution in [2.75, 3.05) is 6.54 Å². The lowest BCUT2D eigenvalue weighted by Crippen LogP contribution is -2.19. The van der Waals surface area contributed by atoms with E-state index in [1.807, 2.05) is 12.1 Å². The lowest BCUT2D eigenvalue weighted by atomic mass is 10.3. The van der Waals surface area contributed by atoms with Crippen LogP contribution in [0.15, 0.2) is 6.33 Å². The first-order valence-electron chi connectivity index (χ1n) is 5.44. The van der Waals surface area contributed by atoms with E-state index >= 15 is 0 Å². The molecule has 1 saturated carbocycles. The van der Waals surface area contributed by atoms with Crippen LogP contribution in [-0.4, -0.2) is 22.1 Å². The minimum Gasteiger partial charge on any atom is -0.321 e. The molecule has 82 valence electrons. The van der Waals surface area contributed by atoms with Crippen LogP contribution in [0.25, 0.3) is 0 Å². The van der Waals surface area contributed by atoms with Crippen molar-refractivity contribution in [3.63, 3.8) is 0 Å². The van der Waals surface area contributed by atoms with Gasteiger partial charge in [0.05, 0.1) is 6.33 Å². The molecule has 1 fully saturated rings. The summed E-state index contributed by atoms with van der Waals surface area (Å²) >= 11 is 0. The van der Waals surface area contributed by atoms with E-state index < -0.39 is 0 Å². The number of nitrogens with one attached hydrogen (secondary N) is 1. The van der Waals surface area contributed by atoms with Crippen molar-refractivity contribution in [1.29, 1.82) is 10.5 Å². The summed E-state index contributed by atoms with van der Waals surface area (Å²) in [4.78, 5) is 3.89. The highest BCUT2D eigenvalue weighted by atomic mass is 15.1. The Morgan fingerprint density at radius 3 is 2.88 bits per heavy atom. The molecule has 1 aromatic heterocycles. The zero-order chi connectivity index (χ0) is 11.4. The molecule has 1 aromatic rings. The van der Waals surface area contributed by atoms with E-state index in [1.54, 1.807) is 10.9 Å². The SMILES string of the molecule is N#Cc1ncn(CCCNC2CC2)c1C#N. The van der Waals surface area contributed by atoms with Crippen LogP contribution in [0.3, 0.4) is 0 Å². The van der Waals surface area contributed by atoms with Gasteiger partial charge in [-0.1, -0.05) is 0 Å². The molecule has 0 unspecified atom stereocenters. The van der Waals surface area contributed by atoms with Crippen LogP contribution in [0.2, 0.25) is 0 Å². The van der Waals surface area contributed by atoms with Gasteiger partial charge in [0.15, 0.2) is 11.4 Å². The maximum absolute atomic E-state index is 8.90. The summed E-state index contributed by atoms with van der Waals surface area (Å²) in [6.45, 7) is 1.69. The highest BCUT2D eigenvalue weighted by molar-refractivity contribution is 5.35. The molecule has 0 amide bonds. The fourth-order valence-corrected chi connectivity index (χ4v) is 1.59. The standard InChI is InChI=1S/C11H13N5/c12-6-10-11(7-13)16(8-15-10)5-1-4-14-9-2-3-9/h8-9,14H,1-5H2. The number of rotatable bonds is 5. The molecule has 0 atom stereocenters. The molecular formula is C11H13N5. The summed E-state index contributed by atoms with van der Waals surface area (Å²) in [6, 6.07) is 4.65. The van der Waals surface area contributed by atoms with Gasteiger partial charge in [-0.2, -0.15) is 10.5 Å². The molecule has 0 radical (unpaired) electrons. The van der Waals surface area contributed by atoms with Gasteiger partial charge in [-0.05, 0) is 25.8 Å². The third kappa shape index (κ3) is 2.39. The maximum atomic E-state index is 8.90. The molecule has 0 saturated heterocycles. The van der Waals surface area contributed by atoms with E-state index in [0.717, 1.165) is 19.5 Å². The minimum absolute atomic E-state index is 0.220. The summed E-state index contributed by atoms with van der Waals surface area (Å²) in [5.41, 5.74) is 0.589. The molecular weight excluding hydrogens is 202 g/mol. The highest BCUT2D eigenvalue weighted by Gasteiger charge is 2.19. The zero-order valence-electron chi connectivity index (χ0n) is 8.98. The van der Waals surface area contributed by atoms with E-state index in [9.17, 15) is 0 Å². The molecule has 1 aliphatic rings. The average molecular weight is 215 g/mol. The second kappa shape index (κ2) is 4.78. The Balaban J connectivity index is 1.86. The summed E-state index contributed by atoms with van der Waals surface area (Å²) in [5, 5.41) is 21.0. The van der Waals surface area contributed by atoms with Crippen molar-refractivity contribution in [1.82, 2.24) is 14.9 Å². The van der Waals surface area contributed by atoms with E-state index in [2.05, 4.69) is 10.3 Å². The number of aromatic nitrogens is 2. The predicted octanol–water partition coefficient (Wildman–Crippen LogP) is 0.769. The average Bonchev–Trinajstić information content (AvgIpc) is 3.04. The van der Waals surface area contributed by atoms with Gasteiger partial charge in [-0.15, -0.1) is 0 Å². The van der Waals surface area contributed by atoms with Crippen LogP contribution in [0, 0.1) is 22.7 Å². The molecule has 0 aliphatic heterocycles. The van der Waals surface area contributed by atoms with Gasteiger partial charge in [0.2, 0.25) is 0 Å². The van der Waals surface area contributed by atoms with Crippen molar-refractivity contribution >= 4 is 0 Å². The van der Waals surface area contributed by atoms with Crippen LogP contribution >= 0.6 is 0 Å². The zero-order valence-corrected chi connectivity index (χ0v) is 8.98. The summed E-state index contributed by atoms with van der Waals surface area (Å²) in [7, 11) is 0. The van der Waals surface area contributed by atoms with Crippen molar-refractivity contribution < 1.29 is 0 Å². The quantitative estimate of drug-likeness (QED) is 0.736. The Labute approximate surface area is 94.3 Å². The minimum atomic E-state index is 0.220. The van der Waals surface area contributed by atoms with Crippen LogP contribution in [0.5, 0.6) is 0 Å². The van der Waals surface area contributed by atoms with Crippen molar-refractivity contribution in [3.8, 4) is 12.1 Å². The van der Waals surface area contributed by atoms with Gasteiger partial charge in [-0.25, -0.2) is 4.98 Å². The topological polar surface area (TPSA) is 77.4 Å². The smallest absolute Gasteiger partial charge is 0.176 e.